The Morgan fingerprint density at radius 2 is 1.94 bits per heavy atom. The number of benzene rings is 2. The number of hydrogen-bond donors (Lipinski definition) is 1. The molecule has 1 amide bonds. The number of aryl methyl sites for hydroxylation is 1. The van der Waals surface area contributed by atoms with E-state index in [2.05, 4.69) is 15.3 Å². The van der Waals surface area contributed by atoms with Crippen LogP contribution in [0.4, 0.5) is 5.69 Å². The standard InChI is InChI=1S/C24H27ClN4O2/c1-28-22(11-12-26-28)20-17-18(27-24(30)19-7-3-4-8-21(19)25)9-10-23(20)31-16-15-29-13-5-2-6-14-29/h3-4,7-12,17H,2,5-6,13-16H2,1H3,(H,27,30). The van der Waals surface area contributed by atoms with Crippen LogP contribution in [-0.4, -0.2) is 46.8 Å². The molecule has 0 spiro atoms. The van der Waals surface area contributed by atoms with Gasteiger partial charge >= 0.3 is 0 Å². The third-order valence-electron chi connectivity index (χ3n) is 5.57. The molecule has 7 heteroatoms. The maximum Gasteiger partial charge on any atom is 0.257 e. The number of rotatable bonds is 7. The number of amides is 1. The van der Waals surface area contributed by atoms with Crippen molar-refractivity contribution in [3.63, 3.8) is 0 Å². The third-order valence-corrected chi connectivity index (χ3v) is 5.90. The minimum Gasteiger partial charge on any atom is -0.492 e. The fraction of sp³-hybridized carbons (Fsp3) is 0.333. The van der Waals surface area contributed by atoms with Gasteiger partial charge in [0.05, 0.1) is 16.3 Å². The van der Waals surface area contributed by atoms with Gasteiger partial charge in [0.2, 0.25) is 0 Å². The Kier molecular flexibility index (Phi) is 6.89. The average molecular weight is 439 g/mol. The lowest BCUT2D eigenvalue weighted by Crippen LogP contribution is -2.33. The zero-order chi connectivity index (χ0) is 21.6. The van der Waals surface area contributed by atoms with Crippen LogP contribution in [0.2, 0.25) is 5.02 Å². The molecule has 2 heterocycles. The second kappa shape index (κ2) is 9.98. The number of piperidine rings is 1. The van der Waals surface area contributed by atoms with E-state index in [1.807, 2.05) is 31.3 Å². The number of carbonyl (C=O) groups excluding carboxylic acids is 1. The Labute approximate surface area is 187 Å². The smallest absolute Gasteiger partial charge is 0.257 e. The van der Waals surface area contributed by atoms with Gasteiger partial charge in [-0.1, -0.05) is 30.2 Å². The molecule has 0 unspecified atom stereocenters. The van der Waals surface area contributed by atoms with Gasteiger partial charge in [-0.2, -0.15) is 5.10 Å². The summed E-state index contributed by atoms with van der Waals surface area (Å²) in [4.78, 5) is 15.1. The quantitative estimate of drug-likeness (QED) is 0.572. The summed E-state index contributed by atoms with van der Waals surface area (Å²) >= 11 is 6.17. The largest absolute Gasteiger partial charge is 0.492 e. The van der Waals surface area contributed by atoms with E-state index in [1.54, 1.807) is 35.1 Å². The first kappa shape index (κ1) is 21.4. The lowest BCUT2D eigenvalue weighted by molar-refractivity contribution is 0.102. The summed E-state index contributed by atoms with van der Waals surface area (Å²) in [6.45, 7) is 3.82. The number of likely N-dealkylation sites (tertiary alicyclic amines) is 1. The van der Waals surface area contributed by atoms with Crippen LogP contribution in [-0.2, 0) is 7.05 Å². The summed E-state index contributed by atoms with van der Waals surface area (Å²) in [6, 6.07) is 14.6. The summed E-state index contributed by atoms with van der Waals surface area (Å²) in [7, 11) is 1.89. The maximum atomic E-state index is 12.7. The van der Waals surface area contributed by atoms with Crippen molar-refractivity contribution in [2.24, 2.45) is 7.05 Å². The Bertz CT molecular complexity index is 1040. The highest BCUT2D eigenvalue weighted by Crippen LogP contribution is 2.33. The number of ether oxygens (including phenoxy) is 1. The zero-order valence-corrected chi connectivity index (χ0v) is 18.4. The fourth-order valence-corrected chi connectivity index (χ4v) is 4.10. The van der Waals surface area contributed by atoms with Gasteiger partial charge in [-0.05, 0) is 62.3 Å². The van der Waals surface area contributed by atoms with Crippen molar-refractivity contribution in [1.29, 1.82) is 0 Å². The molecule has 0 saturated carbocycles. The highest BCUT2D eigenvalue weighted by Gasteiger charge is 2.15. The van der Waals surface area contributed by atoms with Gasteiger partial charge < -0.3 is 10.1 Å². The molecule has 0 radical (unpaired) electrons. The third kappa shape index (κ3) is 5.27. The molecule has 1 aliphatic heterocycles. The lowest BCUT2D eigenvalue weighted by atomic mass is 10.1. The van der Waals surface area contributed by atoms with E-state index in [9.17, 15) is 4.79 Å². The molecule has 0 bridgehead atoms. The SMILES string of the molecule is Cn1nccc1-c1cc(NC(=O)c2ccccc2Cl)ccc1OCCN1CCCCC1. The molecule has 2 aromatic carbocycles. The van der Waals surface area contributed by atoms with E-state index in [1.165, 1.54) is 19.3 Å². The van der Waals surface area contributed by atoms with E-state index in [0.717, 1.165) is 36.6 Å². The molecule has 1 saturated heterocycles. The molecule has 1 fully saturated rings. The van der Waals surface area contributed by atoms with Gasteiger partial charge in [0.25, 0.3) is 5.91 Å². The molecule has 31 heavy (non-hydrogen) atoms. The highest BCUT2D eigenvalue weighted by molar-refractivity contribution is 6.34. The van der Waals surface area contributed by atoms with Crippen LogP contribution in [0.15, 0.2) is 54.7 Å². The Hall–Kier alpha value is -2.83. The number of anilines is 1. The van der Waals surface area contributed by atoms with Crippen LogP contribution in [0, 0.1) is 0 Å². The van der Waals surface area contributed by atoms with Crippen LogP contribution in [0.1, 0.15) is 29.6 Å². The molecule has 1 aromatic heterocycles. The molecule has 3 aromatic rings. The van der Waals surface area contributed by atoms with E-state index < -0.39 is 0 Å². The number of aromatic nitrogens is 2. The Morgan fingerprint density at radius 1 is 1.13 bits per heavy atom. The van der Waals surface area contributed by atoms with Crippen LogP contribution < -0.4 is 10.1 Å². The number of carbonyl (C=O) groups is 1. The van der Waals surface area contributed by atoms with E-state index >= 15 is 0 Å². The normalized spacial score (nSPS) is 14.4. The first-order valence-electron chi connectivity index (χ1n) is 10.7. The average Bonchev–Trinajstić information content (AvgIpc) is 3.21. The van der Waals surface area contributed by atoms with Crippen molar-refractivity contribution < 1.29 is 9.53 Å². The second-order valence-electron chi connectivity index (χ2n) is 7.74. The highest BCUT2D eigenvalue weighted by atomic mass is 35.5. The van der Waals surface area contributed by atoms with E-state index in [4.69, 9.17) is 16.3 Å². The second-order valence-corrected chi connectivity index (χ2v) is 8.14. The molecule has 6 nitrogen and oxygen atoms in total. The van der Waals surface area contributed by atoms with Crippen LogP contribution in [0.5, 0.6) is 5.75 Å². The van der Waals surface area contributed by atoms with E-state index in [0.29, 0.717) is 22.9 Å². The van der Waals surface area contributed by atoms with Crippen molar-refractivity contribution in [3.8, 4) is 17.0 Å². The van der Waals surface area contributed by atoms with Gasteiger partial charge in [0.1, 0.15) is 12.4 Å². The van der Waals surface area contributed by atoms with Crippen LogP contribution in [0.25, 0.3) is 11.3 Å². The zero-order valence-electron chi connectivity index (χ0n) is 17.7. The van der Waals surface area contributed by atoms with Gasteiger partial charge in [0, 0.05) is 31.0 Å². The molecule has 1 N–H and O–H groups in total. The van der Waals surface area contributed by atoms with E-state index in [-0.39, 0.29) is 5.91 Å². The van der Waals surface area contributed by atoms with Crippen molar-refractivity contribution in [1.82, 2.24) is 14.7 Å². The molecule has 162 valence electrons. The lowest BCUT2D eigenvalue weighted by Gasteiger charge is -2.26. The van der Waals surface area contributed by atoms with Gasteiger partial charge in [-0.25, -0.2) is 0 Å². The minimum atomic E-state index is -0.250. The van der Waals surface area contributed by atoms with Crippen molar-refractivity contribution in [3.05, 3.63) is 65.3 Å². The molecule has 1 aliphatic rings. The first-order valence-corrected chi connectivity index (χ1v) is 11.0. The molecule has 0 aliphatic carbocycles. The van der Waals surface area contributed by atoms with Crippen molar-refractivity contribution in [2.75, 3.05) is 31.6 Å². The monoisotopic (exact) mass is 438 g/mol. The number of hydrogen-bond acceptors (Lipinski definition) is 4. The fourth-order valence-electron chi connectivity index (χ4n) is 3.88. The van der Waals surface area contributed by atoms with Crippen molar-refractivity contribution >= 4 is 23.2 Å². The summed E-state index contributed by atoms with van der Waals surface area (Å²) in [6.07, 6.45) is 5.60. The summed E-state index contributed by atoms with van der Waals surface area (Å²) in [5.41, 5.74) is 2.91. The van der Waals surface area contributed by atoms with Crippen molar-refractivity contribution in [2.45, 2.75) is 19.3 Å². The topological polar surface area (TPSA) is 59.4 Å². The molecular weight excluding hydrogens is 412 g/mol. The predicted octanol–water partition coefficient (Wildman–Crippen LogP) is 4.86. The minimum absolute atomic E-state index is 0.250. The Morgan fingerprint density at radius 3 is 2.68 bits per heavy atom. The Balaban J connectivity index is 1.52. The summed E-state index contributed by atoms with van der Waals surface area (Å²) < 4.78 is 7.96. The van der Waals surface area contributed by atoms with Gasteiger partial charge in [0.15, 0.2) is 0 Å². The van der Waals surface area contributed by atoms with Gasteiger partial charge in [-0.15, -0.1) is 0 Å². The number of nitrogens with zero attached hydrogens (tertiary/aromatic N) is 3. The van der Waals surface area contributed by atoms with Gasteiger partial charge in [-0.3, -0.25) is 14.4 Å². The van der Waals surface area contributed by atoms with Crippen LogP contribution in [0.3, 0.4) is 0 Å². The molecule has 4 rings (SSSR count). The van der Waals surface area contributed by atoms with Crippen LogP contribution >= 0.6 is 11.6 Å². The maximum absolute atomic E-state index is 12.7. The number of nitrogens with one attached hydrogen (secondary N) is 1. The molecule has 0 atom stereocenters. The summed E-state index contributed by atoms with van der Waals surface area (Å²) in [5.74, 6) is 0.525. The number of halogens is 1. The predicted molar refractivity (Wildman–Crippen MR) is 124 cm³/mol. The summed E-state index contributed by atoms with van der Waals surface area (Å²) in [5, 5.41) is 7.65. The first-order chi connectivity index (χ1) is 15.1. The molecular formula is C24H27ClN4O2.